The van der Waals surface area contributed by atoms with Crippen molar-refractivity contribution in [1.29, 1.82) is 0 Å². The Morgan fingerprint density at radius 2 is 1.94 bits per heavy atom. The van der Waals surface area contributed by atoms with Gasteiger partial charge in [0, 0.05) is 25.2 Å². The van der Waals surface area contributed by atoms with Crippen LogP contribution < -0.4 is 4.74 Å². The van der Waals surface area contributed by atoms with E-state index in [9.17, 15) is 4.79 Å². The number of fused-ring (bicyclic) bond motifs is 1. The summed E-state index contributed by atoms with van der Waals surface area (Å²) in [6, 6.07) is 9.90. The van der Waals surface area contributed by atoms with E-state index in [0.29, 0.717) is 49.4 Å². The molecule has 0 bridgehead atoms. The van der Waals surface area contributed by atoms with Gasteiger partial charge in [0.1, 0.15) is 9.71 Å². The SMILES string of the molecule is Cc1nc(-c2ccccc2)nc2sc(C(=O)N3CCOCC3)c(OCCCN(C)C)c12. The van der Waals surface area contributed by atoms with Crippen LogP contribution in [-0.2, 0) is 4.74 Å². The normalized spacial score (nSPS) is 14.4. The van der Waals surface area contributed by atoms with Crippen LogP contribution in [0.2, 0.25) is 0 Å². The molecule has 8 heteroatoms. The van der Waals surface area contributed by atoms with Crippen molar-refractivity contribution in [2.24, 2.45) is 0 Å². The zero-order valence-corrected chi connectivity index (χ0v) is 19.1. The maximum atomic E-state index is 13.3. The Balaban J connectivity index is 1.73. The van der Waals surface area contributed by atoms with E-state index in [1.807, 2.05) is 56.3 Å². The fourth-order valence-corrected chi connectivity index (χ4v) is 4.74. The van der Waals surface area contributed by atoms with Gasteiger partial charge in [-0.15, -0.1) is 11.3 Å². The van der Waals surface area contributed by atoms with Crippen molar-refractivity contribution in [3.8, 4) is 17.1 Å². The van der Waals surface area contributed by atoms with E-state index >= 15 is 0 Å². The molecule has 1 aliphatic rings. The van der Waals surface area contributed by atoms with Crippen LogP contribution >= 0.6 is 11.3 Å². The molecule has 0 aliphatic carbocycles. The van der Waals surface area contributed by atoms with Gasteiger partial charge in [-0.05, 0) is 27.4 Å². The highest BCUT2D eigenvalue weighted by Crippen LogP contribution is 2.40. The number of rotatable bonds is 7. The fourth-order valence-electron chi connectivity index (χ4n) is 3.60. The van der Waals surface area contributed by atoms with Crippen molar-refractivity contribution in [3.63, 3.8) is 0 Å². The van der Waals surface area contributed by atoms with Crippen molar-refractivity contribution in [2.75, 3.05) is 53.6 Å². The van der Waals surface area contributed by atoms with E-state index < -0.39 is 0 Å². The first-order chi connectivity index (χ1) is 15.0. The summed E-state index contributed by atoms with van der Waals surface area (Å²) >= 11 is 1.39. The van der Waals surface area contributed by atoms with Gasteiger partial charge in [0.25, 0.3) is 5.91 Å². The van der Waals surface area contributed by atoms with Gasteiger partial charge in [0.05, 0.1) is 30.9 Å². The Morgan fingerprint density at radius 3 is 2.65 bits per heavy atom. The lowest BCUT2D eigenvalue weighted by atomic mass is 10.2. The number of aromatic nitrogens is 2. The zero-order chi connectivity index (χ0) is 21.8. The van der Waals surface area contributed by atoms with E-state index in [1.165, 1.54) is 11.3 Å². The largest absolute Gasteiger partial charge is 0.491 e. The van der Waals surface area contributed by atoms with E-state index in [4.69, 9.17) is 19.4 Å². The molecule has 31 heavy (non-hydrogen) atoms. The number of carbonyl (C=O) groups excluding carboxylic acids is 1. The fraction of sp³-hybridized carbons (Fsp3) is 0.435. The molecule has 3 aromatic rings. The summed E-state index contributed by atoms with van der Waals surface area (Å²) < 4.78 is 11.6. The van der Waals surface area contributed by atoms with Gasteiger partial charge in [-0.25, -0.2) is 9.97 Å². The van der Waals surface area contributed by atoms with Gasteiger partial charge in [-0.1, -0.05) is 30.3 Å². The lowest BCUT2D eigenvalue weighted by Crippen LogP contribution is -2.40. The van der Waals surface area contributed by atoms with Gasteiger partial charge in [-0.3, -0.25) is 4.79 Å². The molecule has 1 fully saturated rings. The Kier molecular flexibility index (Phi) is 6.80. The molecule has 1 saturated heterocycles. The number of amides is 1. The lowest BCUT2D eigenvalue weighted by Gasteiger charge is -2.26. The van der Waals surface area contributed by atoms with Crippen LogP contribution in [-0.4, -0.2) is 79.2 Å². The summed E-state index contributed by atoms with van der Waals surface area (Å²) in [4.78, 5) is 28.2. The Bertz CT molecular complexity index is 1050. The Morgan fingerprint density at radius 1 is 1.19 bits per heavy atom. The molecule has 2 aromatic heterocycles. The number of hydrogen-bond donors (Lipinski definition) is 0. The van der Waals surface area contributed by atoms with Crippen LogP contribution in [0.15, 0.2) is 30.3 Å². The zero-order valence-electron chi connectivity index (χ0n) is 18.3. The summed E-state index contributed by atoms with van der Waals surface area (Å²) in [5.74, 6) is 1.26. The predicted molar refractivity (Wildman–Crippen MR) is 123 cm³/mol. The van der Waals surface area contributed by atoms with Crippen LogP contribution in [0.1, 0.15) is 21.8 Å². The van der Waals surface area contributed by atoms with Crippen molar-refractivity contribution in [1.82, 2.24) is 19.8 Å². The van der Waals surface area contributed by atoms with Gasteiger partial charge < -0.3 is 19.3 Å². The third-order valence-electron chi connectivity index (χ3n) is 5.21. The molecule has 1 aliphatic heterocycles. The van der Waals surface area contributed by atoms with E-state index in [0.717, 1.165) is 34.4 Å². The molecule has 4 rings (SSSR count). The summed E-state index contributed by atoms with van der Waals surface area (Å²) in [7, 11) is 4.08. The van der Waals surface area contributed by atoms with Gasteiger partial charge >= 0.3 is 0 Å². The molecule has 1 aromatic carbocycles. The first-order valence-electron chi connectivity index (χ1n) is 10.6. The molecule has 0 atom stereocenters. The second-order valence-corrected chi connectivity index (χ2v) is 8.85. The average molecular weight is 441 g/mol. The molecule has 1 amide bonds. The van der Waals surface area contributed by atoms with Gasteiger partial charge in [0.2, 0.25) is 0 Å². The third kappa shape index (κ3) is 4.87. The standard InChI is InChI=1S/C23H28N4O3S/c1-16-18-19(30-13-7-10-26(2)3)20(23(28)27-11-14-29-15-12-27)31-22(18)25-21(24-16)17-8-5-4-6-9-17/h4-6,8-9H,7,10-15H2,1-3H3. The van der Waals surface area contributed by atoms with Crippen LogP contribution in [0.4, 0.5) is 0 Å². The molecule has 164 valence electrons. The highest BCUT2D eigenvalue weighted by Gasteiger charge is 2.28. The number of hydrogen-bond acceptors (Lipinski definition) is 7. The van der Waals surface area contributed by atoms with Crippen LogP contribution in [0.5, 0.6) is 5.75 Å². The molecule has 0 radical (unpaired) electrons. The van der Waals surface area contributed by atoms with Crippen LogP contribution in [0.3, 0.4) is 0 Å². The highest BCUT2D eigenvalue weighted by atomic mass is 32.1. The minimum Gasteiger partial charge on any atom is -0.491 e. The summed E-state index contributed by atoms with van der Waals surface area (Å²) in [5, 5.41) is 0.839. The average Bonchev–Trinajstić information content (AvgIpc) is 3.16. The Labute approximate surface area is 186 Å². The maximum Gasteiger partial charge on any atom is 0.268 e. The molecule has 0 unspecified atom stereocenters. The van der Waals surface area contributed by atoms with Crippen LogP contribution in [0, 0.1) is 6.92 Å². The highest BCUT2D eigenvalue weighted by molar-refractivity contribution is 7.21. The smallest absolute Gasteiger partial charge is 0.268 e. The minimum atomic E-state index is -0.0189. The van der Waals surface area contributed by atoms with Crippen molar-refractivity contribution >= 4 is 27.5 Å². The van der Waals surface area contributed by atoms with E-state index in [1.54, 1.807) is 0 Å². The number of nitrogens with zero attached hydrogens (tertiary/aromatic N) is 4. The monoisotopic (exact) mass is 440 g/mol. The molecule has 0 N–H and O–H groups in total. The number of ether oxygens (including phenoxy) is 2. The minimum absolute atomic E-state index is 0.0189. The summed E-state index contributed by atoms with van der Waals surface area (Å²) in [5.41, 5.74) is 1.78. The summed E-state index contributed by atoms with van der Waals surface area (Å²) in [6.45, 7) is 5.72. The van der Waals surface area contributed by atoms with Crippen molar-refractivity contribution in [3.05, 3.63) is 40.9 Å². The van der Waals surface area contributed by atoms with Gasteiger partial charge in [-0.2, -0.15) is 0 Å². The lowest BCUT2D eigenvalue weighted by molar-refractivity contribution is 0.0304. The third-order valence-corrected chi connectivity index (χ3v) is 6.26. The Hall–Kier alpha value is -2.55. The van der Waals surface area contributed by atoms with E-state index in [2.05, 4.69) is 4.90 Å². The molecule has 7 nitrogen and oxygen atoms in total. The summed E-state index contributed by atoms with van der Waals surface area (Å²) in [6.07, 6.45) is 0.873. The predicted octanol–water partition coefficient (Wildman–Crippen LogP) is 3.47. The van der Waals surface area contributed by atoms with Crippen molar-refractivity contribution in [2.45, 2.75) is 13.3 Å². The second kappa shape index (κ2) is 9.72. The molecular formula is C23H28N4O3S. The van der Waals surface area contributed by atoms with Crippen molar-refractivity contribution < 1.29 is 14.3 Å². The first kappa shape index (κ1) is 21.7. The number of aryl methyl sites for hydroxylation is 1. The molecule has 0 spiro atoms. The second-order valence-electron chi connectivity index (χ2n) is 7.85. The van der Waals surface area contributed by atoms with Gasteiger partial charge in [0.15, 0.2) is 11.6 Å². The molecular weight excluding hydrogens is 412 g/mol. The molecule has 0 saturated carbocycles. The number of morpholine rings is 1. The topological polar surface area (TPSA) is 67.8 Å². The number of benzene rings is 1. The number of carbonyl (C=O) groups is 1. The quantitative estimate of drug-likeness (QED) is 0.524. The number of thiophene rings is 1. The maximum absolute atomic E-state index is 13.3. The van der Waals surface area contributed by atoms with E-state index in [-0.39, 0.29) is 5.91 Å². The molecule has 3 heterocycles. The van der Waals surface area contributed by atoms with Crippen LogP contribution in [0.25, 0.3) is 21.6 Å². The first-order valence-corrected chi connectivity index (χ1v) is 11.4.